The van der Waals surface area contributed by atoms with E-state index in [2.05, 4.69) is 32.2 Å². The Kier molecular flexibility index (Phi) is 5.99. The Morgan fingerprint density at radius 1 is 1.17 bits per heavy atom. The van der Waals surface area contributed by atoms with Gasteiger partial charge in [0.2, 0.25) is 0 Å². The lowest BCUT2D eigenvalue weighted by Crippen LogP contribution is -2.25. The van der Waals surface area contributed by atoms with E-state index in [-0.39, 0.29) is 0 Å². The van der Waals surface area contributed by atoms with Gasteiger partial charge in [-0.1, -0.05) is 20.8 Å². The second kappa shape index (κ2) is 7.27. The number of hydrogen-bond donors (Lipinski definition) is 1. The van der Waals surface area contributed by atoms with E-state index in [0.717, 1.165) is 24.5 Å². The zero-order valence-corrected chi connectivity index (χ0v) is 12.1. The van der Waals surface area contributed by atoms with Gasteiger partial charge in [-0.15, -0.1) is 0 Å². The lowest BCUT2D eigenvalue weighted by Gasteiger charge is -2.21. The molecule has 1 aromatic rings. The van der Waals surface area contributed by atoms with Crippen molar-refractivity contribution in [2.24, 2.45) is 5.92 Å². The molecule has 1 aromatic carbocycles. The average Bonchev–Trinajstić information content (AvgIpc) is 2.38. The van der Waals surface area contributed by atoms with Gasteiger partial charge in [0.15, 0.2) is 0 Å². The summed E-state index contributed by atoms with van der Waals surface area (Å²) < 4.78 is 10.7. The van der Waals surface area contributed by atoms with Crippen LogP contribution >= 0.6 is 0 Å². The van der Waals surface area contributed by atoms with Crippen LogP contribution in [0.3, 0.4) is 0 Å². The first-order valence-corrected chi connectivity index (χ1v) is 6.57. The first-order chi connectivity index (χ1) is 8.62. The third-order valence-electron chi connectivity index (χ3n) is 2.99. The summed E-state index contributed by atoms with van der Waals surface area (Å²) in [7, 11) is 3.40. The van der Waals surface area contributed by atoms with E-state index >= 15 is 0 Å². The predicted octanol–water partition coefficient (Wildman–Crippen LogP) is 3.40. The summed E-state index contributed by atoms with van der Waals surface area (Å²) in [4.78, 5) is 0. The molecule has 0 unspecified atom stereocenters. The van der Waals surface area contributed by atoms with Crippen LogP contribution in [-0.4, -0.2) is 20.8 Å². The summed E-state index contributed by atoms with van der Waals surface area (Å²) in [5.41, 5.74) is 1.17. The summed E-state index contributed by atoms with van der Waals surface area (Å²) in [5, 5.41) is 3.58. The van der Waals surface area contributed by atoms with Crippen molar-refractivity contribution in [3.63, 3.8) is 0 Å². The molecule has 102 valence electrons. The molecule has 3 heteroatoms. The highest BCUT2D eigenvalue weighted by atomic mass is 16.5. The standard InChI is InChI=1S/C15H25NO2/c1-6-14(16-10-11(2)3)13-9-12(17-4)7-8-15(13)18-5/h7-9,11,14,16H,6,10H2,1-5H3/t14-/m1/s1. The van der Waals surface area contributed by atoms with Crippen molar-refractivity contribution in [2.45, 2.75) is 33.2 Å². The summed E-state index contributed by atoms with van der Waals surface area (Å²) in [6.07, 6.45) is 1.02. The maximum Gasteiger partial charge on any atom is 0.123 e. The molecule has 0 aliphatic rings. The van der Waals surface area contributed by atoms with Gasteiger partial charge in [0.25, 0.3) is 0 Å². The molecule has 0 bridgehead atoms. The molecule has 0 aromatic heterocycles. The zero-order valence-electron chi connectivity index (χ0n) is 12.1. The van der Waals surface area contributed by atoms with Gasteiger partial charge in [0.1, 0.15) is 11.5 Å². The molecular weight excluding hydrogens is 226 g/mol. The van der Waals surface area contributed by atoms with Gasteiger partial charge in [-0.3, -0.25) is 0 Å². The average molecular weight is 251 g/mol. The summed E-state index contributed by atoms with van der Waals surface area (Å²) in [6.45, 7) is 7.60. The highest BCUT2D eigenvalue weighted by Crippen LogP contribution is 2.30. The smallest absolute Gasteiger partial charge is 0.123 e. The van der Waals surface area contributed by atoms with Crippen molar-refractivity contribution in [3.8, 4) is 11.5 Å². The van der Waals surface area contributed by atoms with Crippen LogP contribution in [0.2, 0.25) is 0 Å². The molecule has 0 aliphatic carbocycles. The zero-order chi connectivity index (χ0) is 13.5. The van der Waals surface area contributed by atoms with Crippen molar-refractivity contribution in [3.05, 3.63) is 23.8 Å². The van der Waals surface area contributed by atoms with Gasteiger partial charge >= 0.3 is 0 Å². The first-order valence-electron chi connectivity index (χ1n) is 6.57. The molecule has 0 spiro atoms. The molecule has 0 saturated carbocycles. The van der Waals surface area contributed by atoms with Crippen molar-refractivity contribution in [1.29, 1.82) is 0 Å². The largest absolute Gasteiger partial charge is 0.497 e. The Balaban J connectivity index is 2.94. The third-order valence-corrected chi connectivity index (χ3v) is 2.99. The molecular formula is C15H25NO2. The Morgan fingerprint density at radius 2 is 1.89 bits per heavy atom. The van der Waals surface area contributed by atoms with Gasteiger partial charge in [-0.25, -0.2) is 0 Å². The number of rotatable bonds is 7. The monoisotopic (exact) mass is 251 g/mol. The van der Waals surface area contributed by atoms with Gasteiger partial charge in [0.05, 0.1) is 14.2 Å². The molecule has 1 atom stereocenters. The van der Waals surface area contributed by atoms with Crippen LogP contribution < -0.4 is 14.8 Å². The highest BCUT2D eigenvalue weighted by Gasteiger charge is 2.15. The van der Waals surface area contributed by atoms with E-state index in [1.165, 1.54) is 5.56 Å². The van der Waals surface area contributed by atoms with Crippen molar-refractivity contribution in [2.75, 3.05) is 20.8 Å². The topological polar surface area (TPSA) is 30.5 Å². The number of methoxy groups -OCH3 is 2. The van der Waals surface area contributed by atoms with Crippen LogP contribution in [0.1, 0.15) is 38.8 Å². The van der Waals surface area contributed by atoms with E-state index < -0.39 is 0 Å². The minimum atomic E-state index is 0.303. The van der Waals surface area contributed by atoms with Crippen LogP contribution in [0.15, 0.2) is 18.2 Å². The quantitative estimate of drug-likeness (QED) is 0.805. The Morgan fingerprint density at radius 3 is 2.39 bits per heavy atom. The predicted molar refractivity (Wildman–Crippen MR) is 75.4 cm³/mol. The fraction of sp³-hybridized carbons (Fsp3) is 0.600. The summed E-state index contributed by atoms with van der Waals surface area (Å²) in [6, 6.07) is 6.25. The van der Waals surface area contributed by atoms with Gasteiger partial charge in [-0.05, 0) is 37.1 Å². The number of ether oxygens (including phenoxy) is 2. The van der Waals surface area contributed by atoms with Crippen LogP contribution in [0, 0.1) is 5.92 Å². The van der Waals surface area contributed by atoms with Crippen LogP contribution in [0.5, 0.6) is 11.5 Å². The normalized spacial score (nSPS) is 12.6. The second-order valence-corrected chi connectivity index (χ2v) is 4.87. The molecule has 0 heterocycles. The molecule has 0 aliphatic heterocycles. The van der Waals surface area contributed by atoms with Crippen molar-refractivity contribution in [1.82, 2.24) is 5.32 Å². The van der Waals surface area contributed by atoms with Gasteiger partial charge in [-0.2, -0.15) is 0 Å². The fourth-order valence-corrected chi connectivity index (χ4v) is 1.96. The Bertz CT molecular complexity index is 364. The first kappa shape index (κ1) is 14.8. The molecule has 0 fully saturated rings. The Hall–Kier alpha value is -1.22. The van der Waals surface area contributed by atoms with E-state index in [1.54, 1.807) is 14.2 Å². The summed E-state index contributed by atoms with van der Waals surface area (Å²) >= 11 is 0. The Labute approximate surface area is 110 Å². The molecule has 18 heavy (non-hydrogen) atoms. The minimum absolute atomic E-state index is 0.303. The van der Waals surface area contributed by atoms with Crippen LogP contribution in [0.4, 0.5) is 0 Å². The summed E-state index contributed by atoms with van der Waals surface area (Å²) in [5.74, 6) is 2.42. The van der Waals surface area contributed by atoms with E-state index in [0.29, 0.717) is 12.0 Å². The van der Waals surface area contributed by atoms with Crippen molar-refractivity contribution >= 4 is 0 Å². The van der Waals surface area contributed by atoms with Crippen LogP contribution in [-0.2, 0) is 0 Å². The SMILES string of the molecule is CC[C@@H](NCC(C)C)c1cc(OC)ccc1OC. The van der Waals surface area contributed by atoms with Gasteiger partial charge < -0.3 is 14.8 Å². The number of nitrogens with one attached hydrogen (secondary N) is 1. The van der Waals surface area contributed by atoms with E-state index in [1.807, 2.05) is 12.1 Å². The molecule has 0 radical (unpaired) electrons. The maximum atomic E-state index is 5.44. The van der Waals surface area contributed by atoms with Crippen LogP contribution in [0.25, 0.3) is 0 Å². The number of hydrogen-bond acceptors (Lipinski definition) is 3. The van der Waals surface area contributed by atoms with E-state index in [4.69, 9.17) is 9.47 Å². The lowest BCUT2D eigenvalue weighted by molar-refractivity contribution is 0.383. The maximum absolute atomic E-state index is 5.44. The molecule has 0 saturated heterocycles. The fourth-order valence-electron chi connectivity index (χ4n) is 1.96. The van der Waals surface area contributed by atoms with E-state index in [9.17, 15) is 0 Å². The molecule has 0 amide bonds. The minimum Gasteiger partial charge on any atom is -0.497 e. The number of benzene rings is 1. The third kappa shape index (κ3) is 3.91. The molecule has 1 rings (SSSR count). The highest BCUT2D eigenvalue weighted by molar-refractivity contribution is 5.42. The molecule has 3 nitrogen and oxygen atoms in total. The second-order valence-electron chi connectivity index (χ2n) is 4.87. The van der Waals surface area contributed by atoms with Gasteiger partial charge in [0, 0.05) is 11.6 Å². The molecule has 1 N–H and O–H groups in total. The van der Waals surface area contributed by atoms with Crippen molar-refractivity contribution < 1.29 is 9.47 Å². The lowest BCUT2D eigenvalue weighted by atomic mass is 10.0.